The standard InChI is InChI=1S/C12H21N/c1-3-10-5-4-6-11-8-7-9(2)13-12(10)11/h7,10-13H,3-6,8H2,1-2H3/t10-,11?,12?/m0/s1. The Morgan fingerprint density at radius 3 is 3.08 bits per heavy atom. The van der Waals surface area contributed by atoms with Crippen molar-refractivity contribution in [3.8, 4) is 0 Å². The average molecular weight is 179 g/mol. The summed E-state index contributed by atoms with van der Waals surface area (Å²) in [6.45, 7) is 4.54. The van der Waals surface area contributed by atoms with E-state index in [1.807, 2.05) is 0 Å². The molecule has 13 heavy (non-hydrogen) atoms. The van der Waals surface area contributed by atoms with Crippen molar-refractivity contribution < 1.29 is 0 Å². The van der Waals surface area contributed by atoms with Crippen LogP contribution in [0.5, 0.6) is 0 Å². The van der Waals surface area contributed by atoms with E-state index >= 15 is 0 Å². The minimum absolute atomic E-state index is 0.795. The number of allylic oxidation sites excluding steroid dienone is 2. The fraction of sp³-hybridized carbons (Fsp3) is 0.833. The van der Waals surface area contributed by atoms with Crippen molar-refractivity contribution in [2.75, 3.05) is 0 Å². The highest BCUT2D eigenvalue weighted by Gasteiger charge is 2.33. The van der Waals surface area contributed by atoms with E-state index < -0.39 is 0 Å². The van der Waals surface area contributed by atoms with Gasteiger partial charge >= 0.3 is 0 Å². The van der Waals surface area contributed by atoms with Crippen LogP contribution in [0.25, 0.3) is 0 Å². The van der Waals surface area contributed by atoms with E-state index in [0.717, 1.165) is 17.9 Å². The summed E-state index contributed by atoms with van der Waals surface area (Å²) in [5, 5.41) is 3.68. The summed E-state index contributed by atoms with van der Waals surface area (Å²) in [6, 6.07) is 0.795. The molecule has 0 radical (unpaired) electrons. The van der Waals surface area contributed by atoms with Crippen molar-refractivity contribution in [1.29, 1.82) is 0 Å². The summed E-state index contributed by atoms with van der Waals surface area (Å²) in [4.78, 5) is 0. The van der Waals surface area contributed by atoms with Crippen LogP contribution in [0.1, 0.15) is 46.0 Å². The van der Waals surface area contributed by atoms with Crippen LogP contribution in [-0.2, 0) is 0 Å². The highest BCUT2D eigenvalue weighted by molar-refractivity contribution is 5.07. The molecule has 0 aromatic heterocycles. The van der Waals surface area contributed by atoms with Crippen molar-refractivity contribution in [3.05, 3.63) is 11.8 Å². The molecule has 2 unspecified atom stereocenters. The third kappa shape index (κ3) is 1.74. The van der Waals surface area contributed by atoms with Gasteiger partial charge in [-0.05, 0) is 38.0 Å². The van der Waals surface area contributed by atoms with Crippen LogP contribution in [0, 0.1) is 11.8 Å². The molecule has 0 spiro atoms. The van der Waals surface area contributed by atoms with Gasteiger partial charge in [-0.1, -0.05) is 25.8 Å². The summed E-state index contributed by atoms with van der Waals surface area (Å²) in [5.74, 6) is 1.87. The van der Waals surface area contributed by atoms with Crippen LogP contribution >= 0.6 is 0 Å². The van der Waals surface area contributed by atoms with Gasteiger partial charge in [0.05, 0.1) is 0 Å². The molecule has 1 aliphatic carbocycles. The second-order valence-electron chi connectivity index (χ2n) is 4.65. The predicted molar refractivity (Wildman–Crippen MR) is 56.4 cm³/mol. The Kier molecular flexibility index (Phi) is 2.61. The summed E-state index contributed by atoms with van der Waals surface area (Å²) in [6.07, 6.45) is 9.38. The molecule has 0 bridgehead atoms. The zero-order valence-corrected chi connectivity index (χ0v) is 8.84. The van der Waals surface area contributed by atoms with Crippen molar-refractivity contribution >= 4 is 0 Å². The first kappa shape index (κ1) is 9.11. The lowest BCUT2D eigenvalue weighted by Gasteiger charge is -2.41. The van der Waals surface area contributed by atoms with Crippen LogP contribution in [0.15, 0.2) is 11.8 Å². The molecule has 0 aromatic carbocycles. The first-order valence-electron chi connectivity index (χ1n) is 5.74. The Morgan fingerprint density at radius 2 is 2.31 bits per heavy atom. The molecule has 1 aliphatic heterocycles. The van der Waals surface area contributed by atoms with E-state index in [-0.39, 0.29) is 0 Å². The highest BCUT2D eigenvalue weighted by atomic mass is 15.0. The highest BCUT2D eigenvalue weighted by Crippen LogP contribution is 2.36. The van der Waals surface area contributed by atoms with Crippen LogP contribution in [0.2, 0.25) is 0 Å². The first-order chi connectivity index (χ1) is 6.31. The molecule has 0 aromatic rings. The lowest BCUT2D eigenvalue weighted by molar-refractivity contribution is 0.181. The van der Waals surface area contributed by atoms with Gasteiger partial charge in [0.25, 0.3) is 0 Å². The molecule has 1 heterocycles. The van der Waals surface area contributed by atoms with E-state index in [4.69, 9.17) is 0 Å². The Balaban J connectivity index is 2.08. The molecular formula is C12H21N. The molecule has 0 amide bonds. The molecule has 3 atom stereocenters. The number of hydrogen-bond acceptors (Lipinski definition) is 1. The van der Waals surface area contributed by atoms with Gasteiger partial charge in [0.1, 0.15) is 0 Å². The van der Waals surface area contributed by atoms with E-state index in [1.54, 1.807) is 0 Å². The number of nitrogens with one attached hydrogen (secondary N) is 1. The number of rotatable bonds is 1. The molecular weight excluding hydrogens is 158 g/mol. The van der Waals surface area contributed by atoms with E-state index in [1.165, 1.54) is 37.8 Å². The minimum atomic E-state index is 0.795. The van der Waals surface area contributed by atoms with Crippen molar-refractivity contribution in [2.24, 2.45) is 11.8 Å². The van der Waals surface area contributed by atoms with Crippen molar-refractivity contribution in [2.45, 2.75) is 52.0 Å². The molecule has 1 saturated carbocycles. The first-order valence-corrected chi connectivity index (χ1v) is 5.74. The fourth-order valence-electron chi connectivity index (χ4n) is 2.99. The average Bonchev–Trinajstić information content (AvgIpc) is 2.17. The summed E-state index contributed by atoms with van der Waals surface area (Å²) in [7, 11) is 0. The lowest BCUT2D eigenvalue weighted by Crippen LogP contribution is -2.45. The topological polar surface area (TPSA) is 12.0 Å². The molecule has 1 N–H and O–H groups in total. The Bertz CT molecular complexity index is 207. The molecule has 74 valence electrons. The van der Waals surface area contributed by atoms with Gasteiger partial charge in [0.2, 0.25) is 0 Å². The SMILES string of the molecule is CC[C@H]1CCCC2CC=C(C)NC21. The maximum atomic E-state index is 3.68. The van der Waals surface area contributed by atoms with Gasteiger partial charge in [-0.2, -0.15) is 0 Å². The molecule has 1 heteroatoms. The van der Waals surface area contributed by atoms with Gasteiger partial charge in [-0.15, -0.1) is 0 Å². The van der Waals surface area contributed by atoms with E-state index in [0.29, 0.717) is 0 Å². The molecule has 1 nitrogen and oxygen atoms in total. The minimum Gasteiger partial charge on any atom is -0.386 e. The summed E-state index contributed by atoms with van der Waals surface area (Å²) >= 11 is 0. The molecule has 2 rings (SSSR count). The summed E-state index contributed by atoms with van der Waals surface area (Å²) in [5.41, 5.74) is 1.40. The third-order valence-corrected chi connectivity index (χ3v) is 3.81. The lowest BCUT2D eigenvalue weighted by atomic mass is 9.73. The largest absolute Gasteiger partial charge is 0.386 e. The van der Waals surface area contributed by atoms with Gasteiger partial charge in [0, 0.05) is 11.7 Å². The van der Waals surface area contributed by atoms with Crippen LogP contribution in [0.4, 0.5) is 0 Å². The number of hydrogen-bond donors (Lipinski definition) is 1. The Morgan fingerprint density at radius 1 is 1.46 bits per heavy atom. The maximum Gasteiger partial charge on any atom is 0.0317 e. The number of fused-ring (bicyclic) bond motifs is 1. The van der Waals surface area contributed by atoms with Gasteiger partial charge in [-0.3, -0.25) is 0 Å². The van der Waals surface area contributed by atoms with E-state index in [2.05, 4.69) is 25.2 Å². The van der Waals surface area contributed by atoms with Crippen LogP contribution in [0.3, 0.4) is 0 Å². The second kappa shape index (κ2) is 3.73. The Hall–Kier alpha value is -0.460. The normalized spacial score (nSPS) is 38.9. The quantitative estimate of drug-likeness (QED) is 0.652. The zero-order chi connectivity index (χ0) is 9.26. The molecule has 2 aliphatic rings. The van der Waals surface area contributed by atoms with Crippen molar-refractivity contribution in [3.63, 3.8) is 0 Å². The zero-order valence-electron chi connectivity index (χ0n) is 8.84. The van der Waals surface area contributed by atoms with E-state index in [9.17, 15) is 0 Å². The fourth-order valence-corrected chi connectivity index (χ4v) is 2.99. The monoisotopic (exact) mass is 179 g/mol. The van der Waals surface area contributed by atoms with Crippen LogP contribution < -0.4 is 5.32 Å². The second-order valence-corrected chi connectivity index (χ2v) is 4.65. The molecule has 0 saturated heterocycles. The Labute approximate surface area is 81.6 Å². The van der Waals surface area contributed by atoms with Gasteiger partial charge < -0.3 is 5.32 Å². The maximum absolute atomic E-state index is 3.68. The van der Waals surface area contributed by atoms with Gasteiger partial charge in [-0.25, -0.2) is 0 Å². The van der Waals surface area contributed by atoms with Crippen LogP contribution in [-0.4, -0.2) is 6.04 Å². The smallest absolute Gasteiger partial charge is 0.0317 e. The predicted octanol–water partition coefficient (Wildman–Crippen LogP) is 3.08. The third-order valence-electron chi connectivity index (χ3n) is 3.81. The molecule has 1 fully saturated rings. The summed E-state index contributed by atoms with van der Waals surface area (Å²) < 4.78 is 0. The van der Waals surface area contributed by atoms with Gasteiger partial charge in [0.15, 0.2) is 0 Å². The van der Waals surface area contributed by atoms with Crippen molar-refractivity contribution in [1.82, 2.24) is 5.32 Å².